The summed E-state index contributed by atoms with van der Waals surface area (Å²) in [4.78, 5) is 2.41. The third-order valence-electron chi connectivity index (χ3n) is 4.57. The molecule has 0 saturated carbocycles. The van der Waals surface area contributed by atoms with Gasteiger partial charge in [-0.05, 0) is 44.7 Å². The van der Waals surface area contributed by atoms with Crippen LogP contribution in [0.1, 0.15) is 38.7 Å². The van der Waals surface area contributed by atoms with Crippen LogP contribution in [0, 0.1) is 0 Å². The number of aliphatic hydroxyl groups is 1. The van der Waals surface area contributed by atoms with Crippen LogP contribution >= 0.6 is 0 Å². The van der Waals surface area contributed by atoms with Gasteiger partial charge in [-0.1, -0.05) is 30.7 Å². The van der Waals surface area contributed by atoms with Crippen molar-refractivity contribution in [2.75, 3.05) is 13.2 Å². The molecule has 122 valence electrons. The summed E-state index contributed by atoms with van der Waals surface area (Å²) >= 11 is 0. The first-order chi connectivity index (χ1) is 10.6. The Hall–Kier alpha value is -1.32. The number of nitrogens with zero attached hydrogens (tertiary/aromatic N) is 1. The molecule has 1 N–H and O–H groups in total. The van der Waals surface area contributed by atoms with E-state index in [4.69, 9.17) is 4.74 Å². The minimum absolute atomic E-state index is 0.337. The van der Waals surface area contributed by atoms with Gasteiger partial charge in [0.05, 0.1) is 0 Å². The third kappa shape index (κ3) is 4.59. The Morgan fingerprint density at radius 3 is 2.68 bits per heavy atom. The number of ether oxygens (including phenoxy) is 1. The number of hydrogen-bond donors (Lipinski definition) is 1. The molecule has 1 aromatic carbocycles. The van der Waals surface area contributed by atoms with Gasteiger partial charge in [0.15, 0.2) is 0 Å². The molecule has 22 heavy (non-hydrogen) atoms. The van der Waals surface area contributed by atoms with Crippen molar-refractivity contribution in [3.63, 3.8) is 0 Å². The summed E-state index contributed by atoms with van der Waals surface area (Å²) in [7, 11) is 0. The fourth-order valence-electron chi connectivity index (χ4n) is 3.29. The Labute approximate surface area is 134 Å². The molecular formula is C19H29NO2. The predicted molar refractivity (Wildman–Crippen MR) is 91.3 cm³/mol. The molecule has 3 atom stereocenters. The lowest BCUT2D eigenvalue weighted by molar-refractivity contribution is 0.0207. The summed E-state index contributed by atoms with van der Waals surface area (Å²) in [5.74, 6) is 0.848. The monoisotopic (exact) mass is 303 g/mol. The van der Waals surface area contributed by atoms with E-state index in [1.165, 1.54) is 19.3 Å². The maximum absolute atomic E-state index is 10.3. The van der Waals surface area contributed by atoms with Crippen molar-refractivity contribution < 1.29 is 9.84 Å². The zero-order valence-electron chi connectivity index (χ0n) is 13.9. The van der Waals surface area contributed by atoms with Crippen LogP contribution in [0.25, 0.3) is 0 Å². The van der Waals surface area contributed by atoms with Gasteiger partial charge in [-0.15, -0.1) is 6.58 Å². The van der Waals surface area contributed by atoms with Gasteiger partial charge >= 0.3 is 0 Å². The summed E-state index contributed by atoms with van der Waals surface area (Å²) in [6.45, 7) is 9.30. The van der Waals surface area contributed by atoms with Crippen molar-refractivity contribution in [3.05, 3.63) is 42.5 Å². The van der Waals surface area contributed by atoms with E-state index in [1.54, 1.807) is 0 Å². The van der Waals surface area contributed by atoms with Gasteiger partial charge in [-0.25, -0.2) is 0 Å². The molecule has 0 radical (unpaired) electrons. The van der Waals surface area contributed by atoms with Gasteiger partial charge in [0, 0.05) is 18.6 Å². The molecule has 0 bridgehead atoms. The minimum Gasteiger partial charge on any atom is -0.491 e. The van der Waals surface area contributed by atoms with Crippen LogP contribution in [0.2, 0.25) is 0 Å². The second-order valence-electron chi connectivity index (χ2n) is 6.39. The number of para-hydroxylation sites is 1. The predicted octanol–water partition coefficient (Wildman–Crippen LogP) is 3.42. The van der Waals surface area contributed by atoms with E-state index in [0.29, 0.717) is 25.2 Å². The molecule has 3 heteroatoms. The van der Waals surface area contributed by atoms with Crippen molar-refractivity contribution >= 4 is 0 Å². The van der Waals surface area contributed by atoms with Crippen LogP contribution in [0.4, 0.5) is 0 Å². The number of piperidine rings is 1. The third-order valence-corrected chi connectivity index (χ3v) is 4.57. The highest BCUT2D eigenvalue weighted by molar-refractivity contribution is 5.34. The number of hydrogen-bond acceptors (Lipinski definition) is 3. The second-order valence-corrected chi connectivity index (χ2v) is 6.39. The number of allylic oxidation sites excluding steroid dienone is 1. The largest absolute Gasteiger partial charge is 0.491 e. The summed E-state index contributed by atoms with van der Waals surface area (Å²) in [5, 5.41) is 10.3. The average molecular weight is 303 g/mol. The summed E-state index contributed by atoms with van der Waals surface area (Å²) in [6.07, 6.45) is 5.93. The Bertz CT molecular complexity index is 464. The van der Waals surface area contributed by atoms with Crippen LogP contribution in [-0.4, -0.2) is 41.3 Å². The van der Waals surface area contributed by atoms with Gasteiger partial charge in [0.1, 0.15) is 18.5 Å². The summed E-state index contributed by atoms with van der Waals surface area (Å²) in [6, 6.07) is 9.05. The molecule has 1 aliphatic rings. The number of rotatable bonds is 7. The Morgan fingerprint density at radius 2 is 2.00 bits per heavy atom. The number of aliphatic hydroxyl groups excluding tert-OH is 1. The topological polar surface area (TPSA) is 32.7 Å². The smallest absolute Gasteiger partial charge is 0.122 e. The maximum atomic E-state index is 10.3. The van der Waals surface area contributed by atoms with Crippen LogP contribution in [0.3, 0.4) is 0 Å². The SMILES string of the molecule is C=CCc1ccccc1OC[C@H](O)CN1[C@H](C)CCC[C@@H]1C. The Morgan fingerprint density at radius 1 is 1.32 bits per heavy atom. The van der Waals surface area contributed by atoms with Gasteiger partial charge in [0.25, 0.3) is 0 Å². The van der Waals surface area contributed by atoms with Crippen molar-refractivity contribution in [1.82, 2.24) is 4.90 Å². The molecule has 0 spiro atoms. The molecule has 1 heterocycles. The van der Waals surface area contributed by atoms with Crippen LogP contribution in [0.15, 0.2) is 36.9 Å². The fraction of sp³-hybridized carbons (Fsp3) is 0.579. The van der Waals surface area contributed by atoms with Crippen molar-refractivity contribution in [2.24, 2.45) is 0 Å². The molecule has 1 aromatic rings. The van der Waals surface area contributed by atoms with Gasteiger partial charge in [0.2, 0.25) is 0 Å². The first-order valence-electron chi connectivity index (χ1n) is 8.37. The van der Waals surface area contributed by atoms with Crippen LogP contribution in [-0.2, 0) is 6.42 Å². The number of benzene rings is 1. The van der Waals surface area contributed by atoms with Crippen molar-refractivity contribution in [2.45, 2.75) is 57.7 Å². The highest BCUT2D eigenvalue weighted by Gasteiger charge is 2.26. The summed E-state index contributed by atoms with van der Waals surface area (Å²) in [5.41, 5.74) is 1.12. The zero-order chi connectivity index (χ0) is 15.9. The fourth-order valence-corrected chi connectivity index (χ4v) is 3.29. The lowest BCUT2D eigenvalue weighted by Crippen LogP contribution is -2.48. The molecule has 1 aliphatic heterocycles. The van der Waals surface area contributed by atoms with E-state index < -0.39 is 6.10 Å². The van der Waals surface area contributed by atoms with Crippen molar-refractivity contribution in [3.8, 4) is 5.75 Å². The molecule has 0 aromatic heterocycles. The first-order valence-corrected chi connectivity index (χ1v) is 8.37. The van der Waals surface area contributed by atoms with E-state index in [-0.39, 0.29) is 0 Å². The maximum Gasteiger partial charge on any atom is 0.122 e. The normalized spacial score (nSPS) is 24.0. The molecule has 1 fully saturated rings. The average Bonchev–Trinajstić information content (AvgIpc) is 2.50. The molecule has 0 aliphatic carbocycles. The van der Waals surface area contributed by atoms with E-state index in [9.17, 15) is 5.11 Å². The molecule has 3 nitrogen and oxygen atoms in total. The standard InChI is InChI=1S/C19H29NO2/c1-4-8-17-11-5-6-12-19(17)22-14-18(21)13-20-15(2)9-7-10-16(20)3/h4-6,11-12,15-16,18,21H,1,7-10,13-14H2,2-3H3/t15-,16+,18-/m1/s1. The van der Waals surface area contributed by atoms with E-state index >= 15 is 0 Å². The van der Waals surface area contributed by atoms with Gasteiger partial charge in [-0.3, -0.25) is 4.90 Å². The Kier molecular flexibility index (Phi) is 6.47. The molecule has 0 unspecified atom stereocenters. The van der Waals surface area contributed by atoms with Gasteiger partial charge in [-0.2, -0.15) is 0 Å². The molecule has 0 amide bonds. The quantitative estimate of drug-likeness (QED) is 0.784. The lowest BCUT2D eigenvalue weighted by atomic mass is 9.97. The van der Waals surface area contributed by atoms with Gasteiger partial charge < -0.3 is 9.84 Å². The number of likely N-dealkylation sites (tertiary alicyclic amines) is 1. The van der Waals surface area contributed by atoms with Crippen LogP contribution in [0.5, 0.6) is 5.75 Å². The first kappa shape index (κ1) is 17.0. The zero-order valence-corrected chi connectivity index (χ0v) is 13.9. The van der Waals surface area contributed by atoms with E-state index in [2.05, 4.69) is 25.3 Å². The minimum atomic E-state index is -0.459. The van der Waals surface area contributed by atoms with Crippen LogP contribution < -0.4 is 4.74 Å². The van der Waals surface area contributed by atoms with Crippen molar-refractivity contribution in [1.29, 1.82) is 0 Å². The lowest BCUT2D eigenvalue weighted by Gasteiger charge is -2.40. The summed E-state index contributed by atoms with van der Waals surface area (Å²) < 4.78 is 5.84. The Balaban J connectivity index is 1.87. The molecule has 2 rings (SSSR count). The molecule has 1 saturated heterocycles. The second kappa shape index (κ2) is 8.35. The highest BCUT2D eigenvalue weighted by atomic mass is 16.5. The van der Waals surface area contributed by atoms with E-state index in [0.717, 1.165) is 17.7 Å². The molecular weight excluding hydrogens is 274 g/mol. The highest BCUT2D eigenvalue weighted by Crippen LogP contribution is 2.23. The number of β-amino-alcohol motifs (C(OH)–C–C–N with tert-alkyl or cyclic N) is 1. The van der Waals surface area contributed by atoms with E-state index in [1.807, 2.05) is 30.3 Å².